The van der Waals surface area contributed by atoms with Crippen LogP contribution in [0.15, 0.2) is 37.1 Å². The van der Waals surface area contributed by atoms with E-state index in [1.54, 1.807) is 18.7 Å². The molecule has 2 heterocycles. The van der Waals surface area contributed by atoms with E-state index in [1.807, 2.05) is 29.9 Å². The SMILES string of the molecule is CNCCC(=O)NCc1cccnc1-n1ccnc1.Cl.Cl. The molecular formula is C13H19Cl2N5O. The van der Waals surface area contributed by atoms with E-state index in [0.29, 0.717) is 19.5 Å². The Hall–Kier alpha value is -1.63. The van der Waals surface area contributed by atoms with Crippen LogP contribution in [0.2, 0.25) is 0 Å². The van der Waals surface area contributed by atoms with Crippen LogP contribution in [0.4, 0.5) is 0 Å². The topological polar surface area (TPSA) is 71.8 Å². The van der Waals surface area contributed by atoms with Gasteiger partial charge in [0.25, 0.3) is 0 Å². The maximum absolute atomic E-state index is 11.6. The largest absolute Gasteiger partial charge is 0.352 e. The van der Waals surface area contributed by atoms with Gasteiger partial charge in [0.2, 0.25) is 5.91 Å². The summed E-state index contributed by atoms with van der Waals surface area (Å²) in [5, 5.41) is 5.83. The molecule has 0 unspecified atom stereocenters. The van der Waals surface area contributed by atoms with E-state index in [-0.39, 0.29) is 30.7 Å². The van der Waals surface area contributed by atoms with Crippen LogP contribution in [0.3, 0.4) is 0 Å². The lowest BCUT2D eigenvalue weighted by Gasteiger charge is -2.10. The molecule has 2 rings (SSSR count). The van der Waals surface area contributed by atoms with Crippen LogP contribution in [0.1, 0.15) is 12.0 Å². The standard InChI is InChI=1S/C13H17N5O.2ClH/c1-14-6-4-12(19)17-9-11-3-2-5-16-13(11)18-8-7-15-10-18;;/h2-3,5,7-8,10,14H,4,6,9H2,1H3,(H,17,19);2*1H. The number of aromatic nitrogens is 3. The summed E-state index contributed by atoms with van der Waals surface area (Å²) in [4.78, 5) is 19.9. The van der Waals surface area contributed by atoms with Crippen molar-refractivity contribution in [2.45, 2.75) is 13.0 Å². The van der Waals surface area contributed by atoms with E-state index in [1.165, 1.54) is 0 Å². The van der Waals surface area contributed by atoms with Gasteiger partial charge < -0.3 is 10.6 Å². The number of hydrogen-bond donors (Lipinski definition) is 2. The minimum Gasteiger partial charge on any atom is -0.352 e. The summed E-state index contributed by atoms with van der Waals surface area (Å²) >= 11 is 0. The molecular weight excluding hydrogens is 313 g/mol. The van der Waals surface area contributed by atoms with E-state index >= 15 is 0 Å². The lowest BCUT2D eigenvalue weighted by molar-refractivity contribution is -0.121. The van der Waals surface area contributed by atoms with E-state index in [2.05, 4.69) is 20.6 Å². The molecule has 0 saturated heterocycles. The highest BCUT2D eigenvalue weighted by molar-refractivity contribution is 5.85. The van der Waals surface area contributed by atoms with Gasteiger partial charge in [0.05, 0.1) is 0 Å². The Balaban J connectivity index is 0.00000200. The molecule has 2 aromatic heterocycles. The summed E-state index contributed by atoms with van der Waals surface area (Å²) in [6.45, 7) is 1.14. The molecule has 6 nitrogen and oxygen atoms in total. The number of hydrogen-bond acceptors (Lipinski definition) is 4. The highest BCUT2D eigenvalue weighted by Crippen LogP contribution is 2.10. The van der Waals surface area contributed by atoms with Gasteiger partial charge >= 0.3 is 0 Å². The van der Waals surface area contributed by atoms with Gasteiger partial charge in [-0.3, -0.25) is 9.36 Å². The molecule has 116 valence electrons. The van der Waals surface area contributed by atoms with Gasteiger partial charge in [-0.2, -0.15) is 0 Å². The predicted molar refractivity (Wildman–Crippen MR) is 86.2 cm³/mol. The molecule has 0 aliphatic rings. The second-order valence-corrected chi connectivity index (χ2v) is 4.09. The molecule has 0 spiro atoms. The molecule has 2 aromatic rings. The normalized spacial score (nSPS) is 9.38. The van der Waals surface area contributed by atoms with E-state index < -0.39 is 0 Å². The fraction of sp³-hybridized carbons (Fsp3) is 0.308. The van der Waals surface area contributed by atoms with Crippen molar-refractivity contribution in [1.29, 1.82) is 0 Å². The minimum absolute atomic E-state index is 0. The highest BCUT2D eigenvalue weighted by atomic mass is 35.5. The summed E-state index contributed by atoms with van der Waals surface area (Å²) in [7, 11) is 1.82. The zero-order valence-corrected chi connectivity index (χ0v) is 13.3. The average molecular weight is 332 g/mol. The Morgan fingerprint density at radius 2 is 2.14 bits per heavy atom. The average Bonchev–Trinajstić information content (AvgIpc) is 2.97. The first kappa shape index (κ1) is 19.4. The number of pyridine rings is 1. The molecule has 1 amide bonds. The van der Waals surface area contributed by atoms with Crippen LogP contribution in [0.25, 0.3) is 5.82 Å². The maximum Gasteiger partial charge on any atom is 0.221 e. The van der Waals surface area contributed by atoms with Gasteiger partial charge in [0.1, 0.15) is 12.1 Å². The van der Waals surface area contributed by atoms with Crippen molar-refractivity contribution in [1.82, 2.24) is 25.2 Å². The van der Waals surface area contributed by atoms with E-state index in [9.17, 15) is 4.79 Å². The molecule has 0 aliphatic heterocycles. The molecule has 0 aromatic carbocycles. The molecule has 0 fully saturated rings. The Morgan fingerprint density at radius 1 is 1.33 bits per heavy atom. The van der Waals surface area contributed by atoms with Crippen molar-refractivity contribution in [2.75, 3.05) is 13.6 Å². The summed E-state index contributed by atoms with van der Waals surface area (Å²) in [6, 6.07) is 3.80. The van der Waals surface area contributed by atoms with Gasteiger partial charge in [-0.15, -0.1) is 24.8 Å². The number of imidazole rings is 1. The summed E-state index contributed by atoms with van der Waals surface area (Å²) in [5.41, 5.74) is 0.957. The third-order valence-electron chi connectivity index (χ3n) is 2.69. The molecule has 8 heteroatoms. The van der Waals surface area contributed by atoms with Crippen molar-refractivity contribution in [3.05, 3.63) is 42.6 Å². The second-order valence-electron chi connectivity index (χ2n) is 4.09. The Labute approximate surface area is 136 Å². The van der Waals surface area contributed by atoms with Crippen molar-refractivity contribution in [3.8, 4) is 5.82 Å². The smallest absolute Gasteiger partial charge is 0.221 e. The van der Waals surface area contributed by atoms with Crippen LogP contribution in [0, 0.1) is 0 Å². The lowest BCUT2D eigenvalue weighted by Crippen LogP contribution is -2.26. The van der Waals surface area contributed by atoms with E-state index in [4.69, 9.17) is 0 Å². The molecule has 0 radical (unpaired) electrons. The number of halogens is 2. The molecule has 2 N–H and O–H groups in total. The number of nitrogens with one attached hydrogen (secondary N) is 2. The molecule has 0 aliphatic carbocycles. The second kappa shape index (κ2) is 10.1. The fourth-order valence-corrected chi connectivity index (χ4v) is 1.71. The number of nitrogens with zero attached hydrogens (tertiary/aromatic N) is 3. The Morgan fingerprint density at radius 3 is 2.81 bits per heavy atom. The Bertz CT molecular complexity index is 533. The van der Waals surface area contributed by atoms with Crippen LogP contribution in [-0.2, 0) is 11.3 Å². The first-order chi connectivity index (χ1) is 9.31. The third-order valence-corrected chi connectivity index (χ3v) is 2.69. The number of carbonyl (C=O) groups is 1. The Kier molecular flexibility index (Phi) is 9.36. The molecule has 0 bridgehead atoms. The first-order valence-corrected chi connectivity index (χ1v) is 6.15. The summed E-state index contributed by atoms with van der Waals surface area (Å²) in [6.07, 6.45) is 7.41. The van der Waals surface area contributed by atoms with Crippen molar-refractivity contribution in [3.63, 3.8) is 0 Å². The van der Waals surface area contributed by atoms with Crippen LogP contribution < -0.4 is 10.6 Å². The van der Waals surface area contributed by atoms with Crippen LogP contribution >= 0.6 is 24.8 Å². The van der Waals surface area contributed by atoms with Gasteiger partial charge in [0, 0.05) is 43.7 Å². The van der Waals surface area contributed by atoms with Crippen molar-refractivity contribution in [2.24, 2.45) is 0 Å². The zero-order valence-electron chi connectivity index (χ0n) is 11.7. The highest BCUT2D eigenvalue weighted by Gasteiger charge is 2.06. The van der Waals surface area contributed by atoms with Gasteiger partial charge in [0.15, 0.2) is 0 Å². The number of carbonyl (C=O) groups excluding carboxylic acids is 1. The quantitative estimate of drug-likeness (QED) is 0.837. The van der Waals surface area contributed by atoms with Crippen LogP contribution in [0.5, 0.6) is 0 Å². The molecule has 0 saturated carbocycles. The predicted octanol–water partition coefficient (Wildman–Crippen LogP) is 1.34. The number of amides is 1. The van der Waals surface area contributed by atoms with Gasteiger partial charge in [-0.25, -0.2) is 9.97 Å². The van der Waals surface area contributed by atoms with E-state index in [0.717, 1.165) is 11.4 Å². The molecule has 0 atom stereocenters. The third kappa shape index (κ3) is 5.71. The minimum atomic E-state index is 0. The fourth-order valence-electron chi connectivity index (χ4n) is 1.71. The molecule has 21 heavy (non-hydrogen) atoms. The zero-order chi connectivity index (χ0) is 13.5. The summed E-state index contributed by atoms with van der Waals surface area (Å²) < 4.78 is 1.83. The lowest BCUT2D eigenvalue weighted by atomic mass is 10.2. The van der Waals surface area contributed by atoms with Crippen molar-refractivity contribution < 1.29 is 4.79 Å². The van der Waals surface area contributed by atoms with Gasteiger partial charge in [-0.1, -0.05) is 6.07 Å². The maximum atomic E-state index is 11.6. The monoisotopic (exact) mass is 331 g/mol. The van der Waals surface area contributed by atoms with Gasteiger partial charge in [-0.05, 0) is 13.1 Å². The van der Waals surface area contributed by atoms with Crippen LogP contribution in [-0.4, -0.2) is 34.0 Å². The van der Waals surface area contributed by atoms with Crippen molar-refractivity contribution >= 4 is 30.7 Å². The first-order valence-electron chi connectivity index (χ1n) is 6.15. The summed E-state index contributed by atoms with van der Waals surface area (Å²) in [5.74, 6) is 0.809. The number of rotatable bonds is 6.